The summed E-state index contributed by atoms with van der Waals surface area (Å²) >= 11 is 0. The van der Waals surface area contributed by atoms with E-state index in [1.54, 1.807) is 11.0 Å². The van der Waals surface area contributed by atoms with E-state index in [0.717, 1.165) is 6.07 Å². The summed E-state index contributed by atoms with van der Waals surface area (Å²) in [7, 11) is 0. The van der Waals surface area contributed by atoms with E-state index in [9.17, 15) is 22.4 Å². The lowest BCUT2D eigenvalue weighted by Crippen LogP contribution is -2.55. The highest BCUT2D eigenvalue weighted by Gasteiger charge is 2.35. The highest BCUT2D eigenvalue weighted by molar-refractivity contribution is 5.89. The number of rotatable bonds is 3. The molecule has 0 saturated carbocycles. The lowest BCUT2D eigenvalue weighted by molar-refractivity contribution is -0.137. The Kier molecular flexibility index (Phi) is 6.15. The number of alkyl halides is 3. The summed E-state index contributed by atoms with van der Waals surface area (Å²) in [5.74, 6) is -0.409. The highest BCUT2D eigenvalue weighted by atomic mass is 19.4. The molecule has 2 aromatic carbocycles. The first-order valence-corrected chi connectivity index (χ1v) is 9.42. The van der Waals surface area contributed by atoms with Crippen molar-refractivity contribution < 1.29 is 22.4 Å². The van der Waals surface area contributed by atoms with Gasteiger partial charge in [-0.2, -0.15) is 18.4 Å². The van der Waals surface area contributed by atoms with Crippen molar-refractivity contribution in [3.05, 3.63) is 59.4 Å². The van der Waals surface area contributed by atoms with Gasteiger partial charge in [0, 0.05) is 37.1 Å². The van der Waals surface area contributed by atoms with Gasteiger partial charge in [0.1, 0.15) is 5.82 Å². The van der Waals surface area contributed by atoms with Crippen LogP contribution >= 0.6 is 0 Å². The van der Waals surface area contributed by atoms with Gasteiger partial charge in [-0.1, -0.05) is 6.92 Å². The fourth-order valence-corrected chi connectivity index (χ4v) is 3.51. The van der Waals surface area contributed by atoms with E-state index in [0.29, 0.717) is 37.4 Å². The van der Waals surface area contributed by atoms with Crippen molar-refractivity contribution in [3.8, 4) is 6.07 Å². The molecule has 0 bridgehead atoms. The molecular formula is C21H20F4N4O. The second kappa shape index (κ2) is 8.61. The van der Waals surface area contributed by atoms with Crippen LogP contribution in [0.15, 0.2) is 42.5 Å². The van der Waals surface area contributed by atoms with Gasteiger partial charge in [-0.25, -0.2) is 9.18 Å². The summed E-state index contributed by atoms with van der Waals surface area (Å²) in [6.45, 7) is 2.88. The Morgan fingerprint density at radius 1 is 1.20 bits per heavy atom. The number of carbonyl (C=O) groups is 1. The Balaban J connectivity index is 1.75. The Labute approximate surface area is 171 Å². The molecule has 1 atom stereocenters. The van der Waals surface area contributed by atoms with Crippen LogP contribution in [0.3, 0.4) is 0 Å². The fraction of sp³-hybridized carbons (Fsp3) is 0.333. The summed E-state index contributed by atoms with van der Waals surface area (Å²) in [6, 6.07) is 10.1. The molecule has 0 aromatic heterocycles. The van der Waals surface area contributed by atoms with Crippen LogP contribution in [0.25, 0.3) is 0 Å². The number of nitrogens with one attached hydrogen (secondary N) is 1. The van der Waals surface area contributed by atoms with Crippen LogP contribution in [-0.2, 0) is 6.18 Å². The van der Waals surface area contributed by atoms with Crippen molar-refractivity contribution in [3.63, 3.8) is 0 Å². The smallest absolute Gasteiger partial charge is 0.365 e. The van der Waals surface area contributed by atoms with Crippen molar-refractivity contribution >= 4 is 17.4 Å². The molecule has 1 heterocycles. The second-order valence-corrected chi connectivity index (χ2v) is 6.98. The van der Waals surface area contributed by atoms with Gasteiger partial charge in [0.2, 0.25) is 0 Å². The number of urea groups is 1. The fourth-order valence-electron chi connectivity index (χ4n) is 3.51. The van der Waals surface area contributed by atoms with Crippen molar-refractivity contribution in [1.82, 2.24) is 4.90 Å². The second-order valence-electron chi connectivity index (χ2n) is 6.98. The molecule has 0 spiro atoms. The maximum absolute atomic E-state index is 13.3. The number of nitrogens with zero attached hydrogens (tertiary/aromatic N) is 3. The molecular weight excluding hydrogens is 400 g/mol. The summed E-state index contributed by atoms with van der Waals surface area (Å²) in [5.41, 5.74) is -0.559. The predicted molar refractivity (Wildman–Crippen MR) is 105 cm³/mol. The maximum Gasteiger partial charge on any atom is 0.417 e. The minimum absolute atomic E-state index is 0.188. The monoisotopic (exact) mass is 420 g/mol. The number of halogens is 4. The van der Waals surface area contributed by atoms with Crippen LogP contribution in [0, 0.1) is 17.1 Å². The van der Waals surface area contributed by atoms with Gasteiger partial charge in [-0.3, -0.25) is 0 Å². The van der Waals surface area contributed by atoms with E-state index in [-0.39, 0.29) is 12.1 Å². The quantitative estimate of drug-likeness (QED) is 0.723. The van der Waals surface area contributed by atoms with E-state index in [1.165, 1.54) is 36.4 Å². The average Bonchev–Trinajstić information content (AvgIpc) is 2.73. The van der Waals surface area contributed by atoms with Gasteiger partial charge in [0.15, 0.2) is 0 Å². The van der Waals surface area contributed by atoms with Crippen molar-refractivity contribution in [2.75, 3.05) is 29.9 Å². The molecule has 2 aromatic rings. The van der Waals surface area contributed by atoms with Crippen LogP contribution in [0.5, 0.6) is 0 Å². The zero-order chi connectivity index (χ0) is 21.9. The molecule has 5 nitrogen and oxygen atoms in total. The first kappa shape index (κ1) is 21.4. The minimum atomic E-state index is -4.63. The SMILES string of the molecule is CCC1CN(C(=O)Nc2ccc(F)cc2)CCN1c1ccc(C#N)c(C(F)(F)F)c1. The topological polar surface area (TPSA) is 59.4 Å². The molecule has 2 amide bonds. The van der Waals surface area contributed by atoms with Crippen LogP contribution in [-0.4, -0.2) is 36.6 Å². The van der Waals surface area contributed by atoms with Gasteiger partial charge in [0.25, 0.3) is 0 Å². The Morgan fingerprint density at radius 3 is 2.50 bits per heavy atom. The molecule has 1 N–H and O–H groups in total. The summed E-state index contributed by atoms with van der Waals surface area (Å²) in [6.07, 6.45) is -4.01. The molecule has 9 heteroatoms. The van der Waals surface area contributed by atoms with Crippen LogP contribution < -0.4 is 10.2 Å². The van der Waals surface area contributed by atoms with Gasteiger partial charge < -0.3 is 15.1 Å². The molecule has 30 heavy (non-hydrogen) atoms. The van der Waals surface area contributed by atoms with Crippen molar-refractivity contribution in [2.24, 2.45) is 0 Å². The number of piperazine rings is 1. The number of anilines is 2. The molecule has 1 aliphatic heterocycles. The highest BCUT2D eigenvalue weighted by Crippen LogP contribution is 2.35. The van der Waals surface area contributed by atoms with Gasteiger partial charge in [0.05, 0.1) is 17.2 Å². The third kappa shape index (κ3) is 4.64. The van der Waals surface area contributed by atoms with Gasteiger partial charge in [-0.05, 0) is 48.9 Å². The molecule has 158 valence electrons. The molecule has 1 aliphatic rings. The predicted octanol–water partition coefficient (Wildman–Crippen LogP) is 4.85. The largest absolute Gasteiger partial charge is 0.417 e. The number of carbonyl (C=O) groups excluding carboxylic acids is 1. The Bertz CT molecular complexity index is 953. The maximum atomic E-state index is 13.3. The third-order valence-electron chi connectivity index (χ3n) is 5.10. The zero-order valence-corrected chi connectivity index (χ0v) is 16.2. The molecule has 1 fully saturated rings. The van der Waals surface area contributed by atoms with Crippen LogP contribution in [0.1, 0.15) is 24.5 Å². The van der Waals surface area contributed by atoms with E-state index < -0.39 is 23.1 Å². The molecule has 1 unspecified atom stereocenters. The minimum Gasteiger partial charge on any atom is -0.365 e. The standard InChI is InChI=1S/C21H20F4N4O/c1-2-17-13-28(20(30)27-16-6-4-15(22)5-7-16)9-10-29(17)18-8-3-14(12-26)19(11-18)21(23,24)25/h3-8,11,17H,2,9-10,13H2,1H3,(H,27,30). The number of benzene rings is 2. The summed E-state index contributed by atoms with van der Waals surface area (Å²) in [4.78, 5) is 16.0. The molecule has 0 radical (unpaired) electrons. The molecule has 3 rings (SSSR count). The van der Waals surface area contributed by atoms with Gasteiger partial charge >= 0.3 is 12.2 Å². The third-order valence-corrected chi connectivity index (χ3v) is 5.10. The number of amides is 2. The normalized spacial score (nSPS) is 16.9. The Hall–Kier alpha value is -3.28. The van der Waals surface area contributed by atoms with Crippen LogP contribution in [0.2, 0.25) is 0 Å². The summed E-state index contributed by atoms with van der Waals surface area (Å²) in [5, 5.41) is 11.7. The van der Waals surface area contributed by atoms with E-state index in [2.05, 4.69) is 5.32 Å². The summed E-state index contributed by atoms with van der Waals surface area (Å²) < 4.78 is 52.9. The van der Waals surface area contributed by atoms with Crippen molar-refractivity contribution in [2.45, 2.75) is 25.6 Å². The van der Waals surface area contributed by atoms with E-state index in [1.807, 2.05) is 11.8 Å². The van der Waals surface area contributed by atoms with Crippen LogP contribution in [0.4, 0.5) is 33.7 Å². The first-order chi connectivity index (χ1) is 14.2. The molecule has 1 saturated heterocycles. The van der Waals surface area contributed by atoms with E-state index in [4.69, 9.17) is 5.26 Å². The lowest BCUT2D eigenvalue weighted by Gasteiger charge is -2.42. The molecule has 0 aliphatic carbocycles. The first-order valence-electron chi connectivity index (χ1n) is 9.42. The Morgan fingerprint density at radius 2 is 1.90 bits per heavy atom. The van der Waals surface area contributed by atoms with Gasteiger partial charge in [-0.15, -0.1) is 0 Å². The number of nitriles is 1. The lowest BCUT2D eigenvalue weighted by atomic mass is 10.0. The number of hydrogen-bond acceptors (Lipinski definition) is 3. The zero-order valence-electron chi connectivity index (χ0n) is 16.2. The average molecular weight is 420 g/mol. The van der Waals surface area contributed by atoms with E-state index >= 15 is 0 Å². The number of hydrogen-bond donors (Lipinski definition) is 1. The van der Waals surface area contributed by atoms with Crippen molar-refractivity contribution in [1.29, 1.82) is 5.26 Å².